The van der Waals surface area contributed by atoms with Crippen molar-refractivity contribution in [3.63, 3.8) is 0 Å². The largest absolute Gasteiger partial charge is 0.493 e. The van der Waals surface area contributed by atoms with E-state index in [0.717, 1.165) is 12.1 Å². The van der Waals surface area contributed by atoms with Crippen LogP contribution in [0, 0.1) is 11.6 Å². The summed E-state index contributed by atoms with van der Waals surface area (Å²) >= 11 is 0. The molecule has 6 nitrogen and oxygen atoms in total. The van der Waals surface area contributed by atoms with Gasteiger partial charge in [-0.2, -0.15) is 0 Å². The second-order valence-electron chi connectivity index (χ2n) is 5.70. The lowest BCUT2D eigenvalue weighted by Gasteiger charge is -2.14. The van der Waals surface area contributed by atoms with Gasteiger partial charge in [-0.1, -0.05) is 6.07 Å². The number of carbonyl (C=O) groups excluding carboxylic acids is 1. The molecule has 1 aromatic heterocycles. The number of ether oxygens (including phenoxy) is 3. The standard InChI is InChI=1S/C19H18F2N2O4/c1-25-14-8-13-16(19(27-3)18(14)26-2)10(9-22-13)7-15(24)23-17-11(20)5-4-6-12(17)21/h4-6,8-9,22H,7H2,1-3H3,(H,23,24). The molecule has 8 heteroatoms. The fraction of sp³-hybridized carbons (Fsp3) is 0.211. The number of aromatic nitrogens is 1. The topological polar surface area (TPSA) is 72.6 Å². The van der Waals surface area contributed by atoms with Gasteiger partial charge in [-0.3, -0.25) is 4.79 Å². The van der Waals surface area contributed by atoms with E-state index in [1.807, 2.05) is 0 Å². The number of hydrogen-bond acceptors (Lipinski definition) is 4. The van der Waals surface area contributed by atoms with Gasteiger partial charge in [-0.25, -0.2) is 8.78 Å². The molecule has 0 aliphatic carbocycles. The third-order valence-corrected chi connectivity index (χ3v) is 4.13. The van der Waals surface area contributed by atoms with Crippen molar-refractivity contribution >= 4 is 22.5 Å². The van der Waals surface area contributed by atoms with Crippen LogP contribution >= 0.6 is 0 Å². The van der Waals surface area contributed by atoms with E-state index in [9.17, 15) is 13.6 Å². The smallest absolute Gasteiger partial charge is 0.229 e. The number of fused-ring (bicyclic) bond motifs is 1. The van der Waals surface area contributed by atoms with Gasteiger partial charge in [0.15, 0.2) is 11.5 Å². The van der Waals surface area contributed by atoms with Crippen molar-refractivity contribution < 1.29 is 27.8 Å². The molecule has 3 aromatic rings. The Labute approximate surface area is 154 Å². The Bertz CT molecular complexity index is 981. The summed E-state index contributed by atoms with van der Waals surface area (Å²) in [5, 5.41) is 2.89. The van der Waals surface area contributed by atoms with E-state index >= 15 is 0 Å². The van der Waals surface area contributed by atoms with Gasteiger partial charge in [0.05, 0.1) is 33.3 Å². The number of rotatable bonds is 6. The Morgan fingerprint density at radius 3 is 2.33 bits per heavy atom. The minimum atomic E-state index is -0.841. The first-order valence-corrected chi connectivity index (χ1v) is 8.03. The van der Waals surface area contributed by atoms with Crippen LogP contribution in [-0.2, 0) is 11.2 Å². The van der Waals surface area contributed by atoms with Crippen LogP contribution in [0.2, 0.25) is 0 Å². The fourth-order valence-electron chi connectivity index (χ4n) is 2.94. The number of nitrogens with one attached hydrogen (secondary N) is 2. The molecule has 0 bridgehead atoms. The summed E-state index contributed by atoms with van der Waals surface area (Å²) in [6, 6.07) is 5.09. The molecule has 0 atom stereocenters. The summed E-state index contributed by atoms with van der Waals surface area (Å²) in [4.78, 5) is 15.4. The summed E-state index contributed by atoms with van der Waals surface area (Å²) in [6.45, 7) is 0. The van der Waals surface area contributed by atoms with E-state index in [-0.39, 0.29) is 6.42 Å². The highest BCUT2D eigenvalue weighted by atomic mass is 19.1. The highest BCUT2D eigenvalue weighted by Gasteiger charge is 2.21. The SMILES string of the molecule is COc1cc2[nH]cc(CC(=O)Nc3c(F)cccc3F)c2c(OC)c1OC. The first-order valence-electron chi connectivity index (χ1n) is 8.03. The van der Waals surface area contributed by atoms with Crippen LogP contribution < -0.4 is 19.5 Å². The second kappa shape index (κ2) is 7.53. The molecule has 0 unspecified atom stereocenters. The number of H-pyrrole nitrogens is 1. The Balaban J connectivity index is 1.97. The molecule has 2 aromatic carbocycles. The van der Waals surface area contributed by atoms with Crippen molar-refractivity contribution in [2.24, 2.45) is 0 Å². The van der Waals surface area contributed by atoms with Crippen molar-refractivity contribution in [1.82, 2.24) is 4.98 Å². The number of para-hydroxylation sites is 1. The summed E-state index contributed by atoms with van der Waals surface area (Å²) in [6.07, 6.45) is 1.50. The molecule has 0 aliphatic rings. The lowest BCUT2D eigenvalue weighted by Crippen LogP contribution is -2.16. The summed E-state index contributed by atoms with van der Waals surface area (Å²) in [5.74, 6) is -1.01. The minimum Gasteiger partial charge on any atom is -0.493 e. The first-order chi connectivity index (χ1) is 13.0. The number of methoxy groups -OCH3 is 3. The Morgan fingerprint density at radius 1 is 1.07 bits per heavy atom. The number of benzene rings is 2. The second-order valence-corrected chi connectivity index (χ2v) is 5.70. The first kappa shape index (κ1) is 18.5. The molecular weight excluding hydrogens is 358 g/mol. The average molecular weight is 376 g/mol. The van der Waals surface area contributed by atoms with Crippen molar-refractivity contribution in [1.29, 1.82) is 0 Å². The maximum Gasteiger partial charge on any atom is 0.229 e. The summed E-state index contributed by atoms with van der Waals surface area (Å²) in [5.41, 5.74) is 0.773. The molecule has 1 heterocycles. The molecule has 1 amide bonds. The molecule has 0 radical (unpaired) electrons. The summed E-state index contributed by atoms with van der Waals surface area (Å²) < 4.78 is 43.6. The molecule has 0 fully saturated rings. The Hall–Kier alpha value is -3.29. The van der Waals surface area contributed by atoms with Gasteiger partial charge in [0.2, 0.25) is 11.7 Å². The molecule has 3 rings (SSSR count). The molecule has 142 valence electrons. The fourth-order valence-corrected chi connectivity index (χ4v) is 2.94. The van der Waals surface area contributed by atoms with Crippen LogP contribution in [0.1, 0.15) is 5.56 Å². The van der Waals surface area contributed by atoms with Gasteiger partial charge < -0.3 is 24.5 Å². The third-order valence-electron chi connectivity index (χ3n) is 4.13. The van der Waals surface area contributed by atoms with Crippen molar-refractivity contribution in [2.45, 2.75) is 6.42 Å². The maximum absolute atomic E-state index is 13.7. The molecule has 2 N–H and O–H groups in total. The average Bonchev–Trinajstić information content (AvgIpc) is 3.05. The molecule has 0 aliphatic heterocycles. The predicted molar refractivity (Wildman–Crippen MR) is 96.6 cm³/mol. The van der Waals surface area contributed by atoms with E-state index in [0.29, 0.717) is 33.7 Å². The van der Waals surface area contributed by atoms with Crippen molar-refractivity contribution in [3.05, 3.63) is 47.7 Å². The zero-order chi connectivity index (χ0) is 19.6. The molecule has 27 heavy (non-hydrogen) atoms. The Kier molecular flexibility index (Phi) is 5.16. The number of anilines is 1. The number of hydrogen-bond donors (Lipinski definition) is 2. The number of carbonyl (C=O) groups is 1. The molecule has 0 spiro atoms. The zero-order valence-corrected chi connectivity index (χ0v) is 15.0. The van der Waals surface area contributed by atoms with Crippen LogP contribution in [0.3, 0.4) is 0 Å². The van der Waals surface area contributed by atoms with Crippen molar-refractivity contribution in [3.8, 4) is 17.2 Å². The highest BCUT2D eigenvalue weighted by Crippen LogP contribution is 2.44. The van der Waals surface area contributed by atoms with Gasteiger partial charge in [-0.15, -0.1) is 0 Å². The van der Waals surface area contributed by atoms with Crippen LogP contribution in [0.25, 0.3) is 10.9 Å². The normalized spacial score (nSPS) is 10.7. The lowest BCUT2D eigenvalue weighted by molar-refractivity contribution is -0.115. The van der Waals surface area contributed by atoms with E-state index < -0.39 is 23.2 Å². The number of halogens is 2. The predicted octanol–water partition coefficient (Wildman–Crippen LogP) is 3.65. The Morgan fingerprint density at radius 2 is 1.74 bits per heavy atom. The third kappa shape index (κ3) is 3.38. The number of amides is 1. The number of aromatic amines is 1. The summed E-state index contributed by atoms with van der Waals surface area (Å²) in [7, 11) is 4.46. The highest BCUT2D eigenvalue weighted by molar-refractivity contribution is 5.99. The van der Waals surface area contributed by atoms with Gasteiger partial charge in [0.1, 0.15) is 17.3 Å². The van der Waals surface area contributed by atoms with E-state index in [4.69, 9.17) is 14.2 Å². The molecule has 0 saturated carbocycles. The van der Waals surface area contributed by atoms with E-state index in [2.05, 4.69) is 10.3 Å². The van der Waals surface area contributed by atoms with Crippen LogP contribution in [0.15, 0.2) is 30.5 Å². The van der Waals surface area contributed by atoms with E-state index in [1.165, 1.54) is 27.4 Å². The van der Waals surface area contributed by atoms with Crippen LogP contribution in [0.4, 0.5) is 14.5 Å². The molecule has 0 saturated heterocycles. The van der Waals surface area contributed by atoms with Crippen molar-refractivity contribution in [2.75, 3.05) is 26.6 Å². The van der Waals surface area contributed by atoms with Gasteiger partial charge in [0, 0.05) is 17.6 Å². The van der Waals surface area contributed by atoms with Gasteiger partial charge >= 0.3 is 0 Å². The lowest BCUT2D eigenvalue weighted by atomic mass is 10.1. The van der Waals surface area contributed by atoms with Crippen LogP contribution in [-0.4, -0.2) is 32.2 Å². The van der Waals surface area contributed by atoms with Crippen LogP contribution in [0.5, 0.6) is 17.2 Å². The monoisotopic (exact) mass is 376 g/mol. The van der Waals surface area contributed by atoms with Gasteiger partial charge in [-0.05, 0) is 17.7 Å². The minimum absolute atomic E-state index is 0.125. The maximum atomic E-state index is 13.7. The van der Waals surface area contributed by atoms with Gasteiger partial charge in [0.25, 0.3) is 0 Å². The zero-order valence-electron chi connectivity index (χ0n) is 15.0. The van der Waals surface area contributed by atoms with E-state index in [1.54, 1.807) is 12.3 Å². The quantitative estimate of drug-likeness (QED) is 0.689. The molecular formula is C19H18F2N2O4.